The number of carbonyl (C=O) groups is 2. The van der Waals surface area contributed by atoms with Crippen molar-refractivity contribution in [3.63, 3.8) is 0 Å². The topological polar surface area (TPSA) is 81.4 Å². The van der Waals surface area contributed by atoms with Gasteiger partial charge >= 0.3 is 5.97 Å². The molecular formula is C12H15FN2O3. The number of hydrogen-bond donors (Lipinski definition) is 2. The first-order chi connectivity index (χ1) is 8.54. The Bertz CT molecular complexity index is 449. The smallest absolute Gasteiger partial charge is 0.307 e. The van der Waals surface area contributed by atoms with Crippen molar-refractivity contribution >= 4 is 17.6 Å². The molecule has 0 heterocycles. The van der Waals surface area contributed by atoms with Crippen molar-refractivity contribution in [2.24, 2.45) is 0 Å². The van der Waals surface area contributed by atoms with Crippen LogP contribution in [0.4, 0.5) is 10.1 Å². The predicted octanol–water partition coefficient (Wildman–Crippen LogP) is 1.09. The van der Waals surface area contributed by atoms with Crippen molar-refractivity contribution in [3.05, 3.63) is 29.6 Å². The number of ether oxygens (including phenoxy) is 1. The molecule has 1 amide bonds. The minimum absolute atomic E-state index is 0.0518. The van der Waals surface area contributed by atoms with Gasteiger partial charge in [0.2, 0.25) is 0 Å². The van der Waals surface area contributed by atoms with E-state index in [0.29, 0.717) is 6.61 Å². The van der Waals surface area contributed by atoms with E-state index in [2.05, 4.69) is 10.1 Å². The van der Waals surface area contributed by atoms with Gasteiger partial charge in [0.25, 0.3) is 5.91 Å². The van der Waals surface area contributed by atoms with Gasteiger partial charge in [-0.2, -0.15) is 0 Å². The van der Waals surface area contributed by atoms with Crippen LogP contribution in [-0.4, -0.2) is 25.0 Å². The molecular weight excluding hydrogens is 239 g/mol. The summed E-state index contributed by atoms with van der Waals surface area (Å²) in [6.45, 7) is 2.08. The predicted molar refractivity (Wildman–Crippen MR) is 64.4 cm³/mol. The molecule has 1 aromatic rings. The average molecular weight is 254 g/mol. The van der Waals surface area contributed by atoms with E-state index in [-0.39, 0.29) is 24.2 Å². The summed E-state index contributed by atoms with van der Waals surface area (Å²) < 4.78 is 18.1. The highest BCUT2D eigenvalue weighted by molar-refractivity contribution is 5.94. The fourth-order valence-corrected chi connectivity index (χ4v) is 1.32. The summed E-state index contributed by atoms with van der Waals surface area (Å²) in [7, 11) is 0. The number of nitrogen functional groups attached to an aromatic ring is 1. The van der Waals surface area contributed by atoms with E-state index in [1.807, 2.05) is 0 Å². The lowest BCUT2D eigenvalue weighted by Gasteiger charge is -2.06. The van der Waals surface area contributed by atoms with Crippen LogP contribution in [0.1, 0.15) is 23.7 Å². The molecule has 0 aliphatic heterocycles. The zero-order valence-electron chi connectivity index (χ0n) is 10.0. The average Bonchev–Trinajstić information content (AvgIpc) is 2.29. The van der Waals surface area contributed by atoms with Crippen molar-refractivity contribution in [1.29, 1.82) is 0 Å². The minimum Gasteiger partial charge on any atom is -0.466 e. The zero-order chi connectivity index (χ0) is 13.5. The SMILES string of the molecule is CCOC(=O)CCNC(=O)c1ccc(N)cc1F. The summed E-state index contributed by atoms with van der Waals surface area (Å²) in [4.78, 5) is 22.6. The normalized spacial score (nSPS) is 9.89. The molecule has 0 saturated heterocycles. The second kappa shape index (κ2) is 6.58. The lowest BCUT2D eigenvalue weighted by atomic mass is 10.2. The second-order valence-corrected chi connectivity index (χ2v) is 3.55. The quantitative estimate of drug-likeness (QED) is 0.608. The summed E-state index contributed by atoms with van der Waals surface area (Å²) in [6, 6.07) is 3.80. The molecule has 1 aromatic carbocycles. The van der Waals surface area contributed by atoms with Gasteiger partial charge in [-0.3, -0.25) is 9.59 Å². The van der Waals surface area contributed by atoms with E-state index in [0.717, 1.165) is 6.07 Å². The maximum Gasteiger partial charge on any atom is 0.307 e. The molecule has 0 radical (unpaired) electrons. The zero-order valence-corrected chi connectivity index (χ0v) is 10.0. The molecule has 0 saturated carbocycles. The first-order valence-corrected chi connectivity index (χ1v) is 5.53. The number of nitrogens with two attached hydrogens (primary N) is 1. The van der Waals surface area contributed by atoms with Crippen LogP contribution < -0.4 is 11.1 Å². The van der Waals surface area contributed by atoms with Gasteiger partial charge in [0.05, 0.1) is 18.6 Å². The fourth-order valence-electron chi connectivity index (χ4n) is 1.32. The van der Waals surface area contributed by atoms with E-state index in [9.17, 15) is 14.0 Å². The standard InChI is InChI=1S/C12H15FN2O3/c1-2-18-11(16)5-6-15-12(17)9-4-3-8(14)7-10(9)13/h3-4,7H,2,5-6,14H2,1H3,(H,15,17). The van der Waals surface area contributed by atoms with Crippen LogP contribution in [0, 0.1) is 5.82 Å². The van der Waals surface area contributed by atoms with Crippen molar-refractivity contribution < 1.29 is 18.7 Å². The van der Waals surface area contributed by atoms with Gasteiger partial charge in [-0.1, -0.05) is 0 Å². The number of benzene rings is 1. The van der Waals surface area contributed by atoms with Gasteiger partial charge < -0.3 is 15.8 Å². The van der Waals surface area contributed by atoms with Crippen molar-refractivity contribution in [2.45, 2.75) is 13.3 Å². The number of nitrogens with one attached hydrogen (secondary N) is 1. The number of esters is 1. The number of hydrogen-bond acceptors (Lipinski definition) is 4. The first-order valence-electron chi connectivity index (χ1n) is 5.53. The number of anilines is 1. The molecule has 5 nitrogen and oxygen atoms in total. The Morgan fingerprint density at radius 3 is 2.78 bits per heavy atom. The van der Waals surface area contributed by atoms with Crippen molar-refractivity contribution in [3.8, 4) is 0 Å². The molecule has 1 rings (SSSR count). The number of carbonyl (C=O) groups excluding carboxylic acids is 2. The van der Waals surface area contributed by atoms with Crippen LogP contribution in [-0.2, 0) is 9.53 Å². The van der Waals surface area contributed by atoms with Crippen LogP contribution in [0.15, 0.2) is 18.2 Å². The van der Waals surface area contributed by atoms with Crippen LogP contribution in [0.5, 0.6) is 0 Å². The Morgan fingerprint density at radius 1 is 1.44 bits per heavy atom. The number of rotatable bonds is 5. The van der Waals surface area contributed by atoms with E-state index in [1.54, 1.807) is 6.92 Å². The summed E-state index contributed by atoms with van der Waals surface area (Å²) in [5, 5.41) is 2.43. The summed E-state index contributed by atoms with van der Waals surface area (Å²) in [5.41, 5.74) is 5.51. The first kappa shape index (κ1) is 14.0. The molecule has 0 spiro atoms. The molecule has 0 fully saturated rings. The van der Waals surface area contributed by atoms with E-state index < -0.39 is 17.7 Å². The maximum atomic E-state index is 13.4. The maximum absolute atomic E-state index is 13.4. The van der Waals surface area contributed by atoms with E-state index >= 15 is 0 Å². The minimum atomic E-state index is -0.691. The van der Waals surface area contributed by atoms with Gasteiger partial charge in [-0.25, -0.2) is 4.39 Å². The van der Waals surface area contributed by atoms with Gasteiger partial charge in [0, 0.05) is 12.2 Å². The van der Waals surface area contributed by atoms with Crippen molar-refractivity contribution in [1.82, 2.24) is 5.32 Å². The largest absolute Gasteiger partial charge is 0.466 e. The molecule has 0 aliphatic carbocycles. The Labute approximate surface area is 104 Å². The third kappa shape index (κ3) is 4.04. The Morgan fingerprint density at radius 2 is 2.17 bits per heavy atom. The number of amides is 1. The summed E-state index contributed by atoms with van der Waals surface area (Å²) in [6.07, 6.45) is 0.0518. The van der Waals surface area contributed by atoms with Gasteiger partial charge in [0.15, 0.2) is 0 Å². The molecule has 0 bridgehead atoms. The Balaban J connectivity index is 2.48. The van der Waals surface area contributed by atoms with Crippen LogP contribution in [0.2, 0.25) is 0 Å². The molecule has 0 aliphatic rings. The molecule has 18 heavy (non-hydrogen) atoms. The fraction of sp³-hybridized carbons (Fsp3) is 0.333. The highest BCUT2D eigenvalue weighted by Gasteiger charge is 2.11. The van der Waals surface area contributed by atoms with Gasteiger partial charge in [-0.05, 0) is 25.1 Å². The molecule has 3 N–H and O–H groups in total. The monoisotopic (exact) mass is 254 g/mol. The molecule has 98 valence electrons. The third-order valence-corrected chi connectivity index (χ3v) is 2.16. The molecule has 0 unspecified atom stereocenters. The Hall–Kier alpha value is -2.11. The lowest BCUT2D eigenvalue weighted by Crippen LogP contribution is -2.27. The summed E-state index contributed by atoms with van der Waals surface area (Å²) in [5.74, 6) is -1.68. The molecule has 0 aromatic heterocycles. The summed E-state index contributed by atoms with van der Waals surface area (Å²) >= 11 is 0. The Kier molecular flexibility index (Phi) is 5.10. The van der Waals surface area contributed by atoms with Crippen molar-refractivity contribution in [2.75, 3.05) is 18.9 Å². The highest BCUT2D eigenvalue weighted by Crippen LogP contribution is 2.11. The van der Waals surface area contributed by atoms with E-state index in [4.69, 9.17) is 5.73 Å². The van der Waals surface area contributed by atoms with Gasteiger partial charge in [0.1, 0.15) is 5.82 Å². The molecule has 0 atom stereocenters. The van der Waals surface area contributed by atoms with Crippen LogP contribution in [0.3, 0.4) is 0 Å². The highest BCUT2D eigenvalue weighted by atomic mass is 19.1. The molecule has 6 heteroatoms. The van der Waals surface area contributed by atoms with E-state index in [1.165, 1.54) is 12.1 Å². The van der Waals surface area contributed by atoms with Crippen LogP contribution in [0.25, 0.3) is 0 Å². The van der Waals surface area contributed by atoms with Gasteiger partial charge in [-0.15, -0.1) is 0 Å². The second-order valence-electron chi connectivity index (χ2n) is 3.55. The van der Waals surface area contributed by atoms with Crippen LogP contribution >= 0.6 is 0 Å². The third-order valence-electron chi connectivity index (χ3n) is 2.16. The number of halogens is 1. The lowest BCUT2D eigenvalue weighted by molar-refractivity contribution is -0.142.